The van der Waals surface area contributed by atoms with Crippen LogP contribution in [0.4, 0.5) is 5.13 Å². The smallest absolute Gasteiger partial charge is 0.184 e. The third-order valence-corrected chi connectivity index (χ3v) is 5.03. The number of fused-ring (bicyclic) bond motifs is 1. The van der Waals surface area contributed by atoms with Crippen molar-refractivity contribution in [1.29, 1.82) is 0 Å². The molecule has 0 aliphatic carbocycles. The summed E-state index contributed by atoms with van der Waals surface area (Å²) in [4.78, 5) is 9.14. The van der Waals surface area contributed by atoms with Gasteiger partial charge in [0.05, 0.1) is 23.4 Å². The van der Waals surface area contributed by atoms with Crippen LogP contribution < -0.4 is 5.32 Å². The Morgan fingerprint density at radius 3 is 3.18 bits per heavy atom. The topological polar surface area (TPSA) is 75.7 Å². The van der Waals surface area contributed by atoms with Gasteiger partial charge in [0, 0.05) is 12.5 Å². The SMILES string of the molecule is Cc1cccc2nc(NCc3nc(C4CCOC4)n[nH]3)sc12. The maximum Gasteiger partial charge on any atom is 0.184 e. The van der Waals surface area contributed by atoms with Crippen molar-refractivity contribution in [2.24, 2.45) is 0 Å². The van der Waals surface area contributed by atoms with E-state index in [-0.39, 0.29) is 0 Å². The molecule has 0 saturated carbocycles. The van der Waals surface area contributed by atoms with E-state index in [1.807, 2.05) is 12.1 Å². The molecule has 1 atom stereocenters. The molecule has 1 saturated heterocycles. The number of aromatic nitrogens is 4. The number of nitrogens with zero attached hydrogens (tertiary/aromatic N) is 3. The number of aryl methyl sites for hydroxylation is 1. The molecule has 0 spiro atoms. The first-order valence-corrected chi connectivity index (χ1v) is 8.20. The molecule has 3 heterocycles. The molecule has 0 radical (unpaired) electrons. The quantitative estimate of drug-likeness (QED) is 0.774. The molecule has 114 valence electrons. The summed E-state index contributed by atoms with van der Waals surface area (Å²) < 4.78 is 6.61. The van der Waals surface area contributed by atoms with Gasteiger partial charge in [0.2, 0.25) is 0 Å². The summed E-state index contributed by atoms with van der Waals surface area (Å²) in [5.41, 5.74) is 2.29. The monoisotopic (exact) mass is 315 g/mol. The molecule has 7 heteroatoms. The molecule has 0 bridgehead atoms. The van der Waals surface area contributed by atoms with Crippen molar-refractivity contribution in [2.45, 2.75) is 25.8 Å². The fourth-order valence-electron chi connectivity index (χ4n) is 2.63. The van der Waals surface area contributed by atoms with Crippen LogP contribution in [0.1, 0.15) is 29.6 Å². The van der Waals surface area contributed by atoms with E-state index in [4.69, 9.17) is 4.74 Å². The minimum atomic E-state index is 0.329. The van der Waals surface area contributed by atoms with Gasteiger partial charge in [-0.05, 0) is 25.0 Å². The highest BCUT2D eigenvalue weighted by molar-refractivity contribution is 7.22. The Morgan fingerprint density at radius 2 is 2.36 bits per heavy atom. The molecule has 22 heavy (non-hydrogen) atoms. The number of H-pyrrole nitrogens is 1. The van der Waals surface area contributed by atoms with Gasteiger partial charge >= 0.3 is 0 Å². The summed E-state index contributed by atoms with van der Waals surface area (Å²) in [6.45, 7) is 4.23. The second-order valence-corrected chi connectivity index (χ2v) is 6.50. The number of benzene rings is 1. The lowest BCUT2D eigenvalue weighted by molar-refractivity contribution is 0.193. The first-order chi connectivity index (χ1) is 10.8. The number of aromatic amines is 1. The average molecular weight is 315 g/mol. The number of ether oxygens (including phenoxy) is 1. The van der Waals surface area contributed by atoms with Crippen molar-refractivity contribution in [1.82, 2.24) is 20.2 Å². The molecule has 3 aromatic rings. The average Bonchev–Trinajstić information content (AvgIpc) is 3.25. The van der Waals surface area contributed by atoms with Gasteiger partial charge in [-0.2, -0.15) is 5.10 Å². The zero-order valence-electron chi connectivity index (χ0n) is 12.3. The van der Waals surface area contributed by atoms with E-state index in [0.29, 0.717) is 12.5 Å². The molecular formula is C15H17N5OS. The highest BCUT2D eigenvalue weighted by atomic mass is 32.1. The minimum Gasteiger partial charge on any atom is -0.381 e. The van der Waals surface area contributed by atoms with Gasteiger partial charge in [0.1, 0.15) is 5.82 Å². The molecule has 1 unspecified atom stereocenters. The summed E-state index contributed by atoms with van der Waals surface area (Å²) >= 11 is 1.67. The minimum absolute atomic E-state index is 0.329. The number of rotatable bonds is 4. The first-order valence-electron chi connectivity index (χ1n) is 7.38. The second kappa shape index (κ2) is 5.66. The molecule has 2 N–H and O–H groups in total. The van der Waals surface area contributed by atoms with Crippen LogP contribution in [0.25, 0.3) is 10.2 Å². The van der Waals surface area contributed by atoms with Crippen LogP contribution in [-0.2, 0) is 11.3 Å². The lowest BCUT2D eigenvalue weighted by Crippen LogP contribution is -2.02. The summed E-state index contributed by atoms with van der Waals surface area (Å²) in [6, 6.07) is 6.18. The lowest BCUT2D eigenvalue weighted by Gasteiger charge is -1.99. The van der Waals surface area contributed by atoms with Crippen molar-refractivity contribution in [3.05, 3.63) is 35.4 Å². The van der Waals surface area contributed by atoms with Crippen LogP contribution in [0, 0.1) is 6.92 Å². The van der Waals surface area contributed by atoms with E-state index in [1.54, 1.807) is 11.3 Å². The third-order valence-electron chi connectivity index (χ3n) is 3.86. The zero-order valence-corrected chi connectivity index (χ0v) is 13.1. The highest BCUT2D eigenvalue weighted by Crippen LogP contribution is 2.28. The van der Waals surface area contributed by atoms with Gasteiger partial charge in [-0.1, -0.05) is 23.5 Å². The van der Waals surface area contributed by atoms with Crippen LogP contribution in [0.3, 0.4) is 0 Å². The maximum atomic E-state index is 5.38. The van der Waals surface area contributed by atoms with Crippen LogP contribution in [-0.4, -0.2) is 33.4 Å². The molecule has 0 amide bonds. The van der Waals surface area contributed by atoms with Crippen molar-refractivity contribution < 1.29 is 4.74 Å². The molecule has 1 fully saturated rings. The molecular weight excluding hydrogens is 298 g/mol. The third kappa shape index (κ3) is 2.57. The zero-order chi connectivity index (χ0) is 14.9. The molecule has 1 aromatic carbocycles. The van der Waals surface area contributed by atoms with Crippen LogP contribution in [0.15, 0.2) is 18.2 Å². The number of nitrogens with one attached hydrogen (secondary N) is 2. The summed E-state index contributed by atoms with van der Waals surface area (Å²) in [5, 5.41) is 11.5. The summed E-state index contributed by atoms with van der Waals surface area (Å²) in [5.74, 6) is 2.02. The molecule has 1 aliphatic heterocycles. The van der Waals surface area contributed by atoms with Crippen molar-refractivity contribution in [3.8, 4) is 0 Å². The van der Waals surface area contributed by atoms with Crippen LogP contribution in [0.5, 0.6) is 0 Å². The standard InChI is InChI=1S/C15H17N5OS/c1-9-3-2-4-11-13(9)22-15(17-11)16-7-12-18-14(20-19-12)10-5-6-21-8-10/h2-4,10H,5-8H2,1H3,(H,16,17)(H,18,19,20). The Labute approximate surface area is 131 Å². The molecule has 1 aliphatic rings. The highest BCUT2D eigenvalue weighted by Gasteiger charge is 2.21. The number of hydrogen-bond donors (Lipinski definition) is 2. The Morgan fingerprint density at radius 1 is 1.41 bits per heavy atom. The fourth-order valence-corrected chi connectivity index (χ4v) is 3.56. The van der Waals surface area contributed by atoms with Crippen LogP contribution >= 0.6 is 11.3 Å². The second-order valence-electron chi connectivity index (χ2n) is 5.50. The number of anilines is 1. The predicted octanol–water partition coefficient (Wildman–Crippen LogP) is 2.84. The Bertz CT molecular complexity index is 790. The fraction of sp³-hybridized carbons (Fsp3) is 0.400. The van der Waals surface area contributed by atoms with Gasteiger partial charge in [-0.15, -0.1) is 0 Å². The van der Waals surface area contributed by atoms with Crippen LogP contribution in [0.2, 0.25) is 0 Å². The largest absolute Gasteiger partial charge is 0.381 e. The van der Waals surface area contributed by atoms with E-state index in [1.165, 1.54) is 10.3 Å². The number of thiazole rings is 1. The van der Waals surface area contributed by atoms with E-state index in [2.05, 4.69) is 38.5 Å². The first kappa shape index (κ1) is 13.7. The van der Waals surface area contributed by atoms with Crippen molar-refractivity contribution >= 4 is 26.7 Å². The van der Waals surface area contributed by atoms with E-state index in [0.717, 1.165) is 41.9 Å². The predicted molar refractivity (Wildman–Crippen MR) is 86.2 cm³/mol. The van der Waals surface area contributed by atoms with Gasteiger partial charge in [-0.25, -0.2) is 9.97 Å². The lowest BCUT2D eigenvalue weighted by atomic mass is 10.1. The van der Waals surface area contributed by atoms with Gasteiger partial charge in [0.15, 0.2) is 11.0 Å². The van der Waals surface area contributed by atoms with Gasteiger partial charge in [0.25, 0.3) is 0 Å². The Kier molecular flexibility index (Phi) is 3.51. The van der Waals surface area contributed by atoms with Crippen molar-refractivity contribution in [2.75, 3.05) is 18.5 Å². The number of hydrogen-bond acceptors (Lipinski definition) is 6. The van der Waals surface area contributed by atoms with Crippen molar-refractivity contribution in [3.63, 3.8) is 0 Å². The normalized spacial score (nSPS) is 18.1. The van der Waals surface area contributed by atoms with E-state index in [9.17, 15) is 0 Å². The summed E-state index contributed by atoms with van der Waals surface area (Å²) in [6.07, 6.45) is 1.00. The molecule has 4 rings (SSSR count). The Balaban J connectivity index is 1.46. The Hall–Kier alpha value is -1.99. The van der Waals surface area contributed by atoms with Gasteiger partial charge in [-0.3, -0.25) is 5.10 Å². The summed E-state index contributed by atoms with van der Waals surface area (Å²) in [7, 11) is 0. The molecule has 2 aromatic heterocycles. The maximum absolute atomic E-state index is 5.38. The van der Waals surface area contributed by atoms with E-state index < -0.39 is 0 Å². The molecule has 6 nitrogen and oxygen atoms in total. The van der Waals surface area contributed by atoms with E-state index >= 15 is 0 Å². The van der Waals surface area contributed by atoms with Gasteiger partial charge < -0.3 is 10.1 Å².